The second-order valence-electron chi connectivity index (χ2n) is 4.76. The maximum atomic E-state index is 10.9. The number of phenols is 1. The van der Waals surface area contributed by atoms with Gasteiger partial charge in [-0.05, 0) is 24.0 Å². The fourth-order valence-electron chi connectivity index (χ4n) is 1.51. The van der Waals surface area contributed by atoms with Gasteiger partial charge < -0.3 is 10.2 Å². The molecule has 0 bridgehead atoms. The number of aromatic hydroxyl groups is 1. The van der Waals surface area contributed by atoms with E-state index < -0.39 is 5.97 Å². The van der Waals surface area contributed by atoms with Crippen molar-refractivity contribution in [1.82, 2.24) is 0 Å². The molecule has 4 heteroatoms. The van der Waals surface area contributed by atoms with Gasteiger partial charge in [-0.15, -0.1) is 0 Å². The minimum Gasteiger partial charge on any atom is -0.507 e. The quantitative estimate of drug-likeness (QED) is 0.774. The molecule has 0 saturated carbocycles. The van der Waals surface area contributed by atoms with Crippen molar-refractivity contribution < 1.29 is 34.5 Å². The summed E-state index contributed by atoms with van der Waals surface area (Å²) in [7, 11) is 0. The molecule has 0 unspecified atom stereocenters. The summed E-state index contributed by atoms with van der Waals surface area (Å²) in [5.74, 6) is -1.22. The van der Waals surface area contributed by atoms with Crippen molar-refractivity contribution in [3.05, 3.63) is 28.8 Å². The van der Waals surface area contributed by atoms with Gasteiger partial charge in [-0.2, -0.15) is 0 Å². The molecule has 0 aliphatic carbocycles. The first-order chi connectivity index (χ1) is 6.73. The molecule has 2 N–H and O–H groups in total. The molecule has 16 heavy (non-hydrogen) atoms. The van der Waals surface area contributed by atoms with E-state index in [2.05, 4.69) is 0 Å². The van der Waals surface area contributed by atoms with Crippen LogP contribution in [0.2, 0.25) is 0 Å². The van der Waals surface area contributed by atoms with Crippen molar-refractivity contribution in [2.24, 2.45) is 0 Å². The van der Waals surface area contributed by atoms with E-state index in [1.54, 1.807) is 0 Å². The summed E-state index contributed by atoms with van der Waals surface area (Å²) in [6.45, 7) is 7.63. The summed E-state index contributed by atoms with van der Waals surface area (Å²) in [6, 6.07) is 3.30. The topological polar surface area (TPSA) is 57.5 Å². The molecule has 0 heterocycles. The Balaban J connectivity index is 0.00000225. The molecular formula is C12H16O3Zn. The SMILES string of the molecule is Cc1cc(C(=O)O)c(O)c(C(C)(C)C)c1.[Zn]. The van der Waals surface area contributed by atoms with E-state index in [9.17, 15) is 9.90 Å². The molecule has 1 aromatic carbocycles. The van der Waals surface area contributed by atoms with Crippen LogP contribution in [0.1, 0.15) is 42.3 Å². The zero-order valence-electron chi connectivity index (χ0n) is 10.2. The van der Waals surface area contributed by atoms with Crippen LogP contribution in [0.15, 0.2) is 12.1 Å². The Bertz CT molecular complexity index is 405. The van der Waals surface area contributed by atoms with Gasteiger partial charge in [-0.1, -0.05) is 26.8 Å². The first-order valence-electron chi connectivity index (χ1n) is 4.81. The van der Waals surface area contributed by atoms with Crippen molar-refractivity contribution in [2.75, 3.05) is 0 Å². The molecule has 0 radical (unpaired) electrons. The van der Waals surface area contributed by atoms with Crippen LogP contribution in [0.5, 0.6) is 5.75 Å². The Labute approximate surface area is 108 Å². The maximum absolute atomic E-state index is 10.9. The van der Waals surface area contributed by atoms with E-state index in [4.69, 9.17) is 5.11 Å². The van der Waals surface area contributed by atoms with E-state index in [-0.39, 0.29) is 36.2 Å². The number of hydrogen-bond donors (Lipinski definition) is 2. The summed E-state index contributed by atoms with van der Waals surface area (Å²) in [6.07, 6.45) is 0. The molecule has 0 atom stereocenters. The van der Waals surface area contributed by atoms with Gasteiger partial charge in [-0.3, -0.25) is 0 Å². The van der Waals surface area contributed by atoms with Gasteiger partial charge in [0.1, 0.15) is 11.3 Å². The van der Waals surface area contributed by atoms with Crippen LogP contribution in [-0.2, 0) is 24.9 Å². The van der Waals surface area contributed by atoms with Crippen LogP contribution in [0.3, 0.4) is 0 Å². The maximum Gasteiger partial charge on any atom is 0.339 e. The summed E-state index contributed by atoms with van der Waals surface area (Å²) >= 11 is 0. The molecule has 0 amide bonds. The third-order valence-corrected chi connectivity index (χ3v) is 2.29. The average molecular weight is 274 g/mol. The molecule has 1 rings (SSSR count). The zero-order chi connectivity index (χ0) is 11.8. The largest absolute Gasteiger partial charge is 0.507 e. The molecule has 0 fully saturated rings. The summed E-state index contributed by atoms with van der Waals surface area (Å²) in [4.78, 5) is 10.9. The molecule has 0 aliphatic rings. The molecule has 0 spiro atoms. The van der Waals surface area contributed by atoms with Crippen LogP contribution in [0.4, 0.5) is 0 Å². The number of aryl methyl sites for hydroxylation is 1. The molecule has 84 valence electrons. The standard InChI is InChI=1S/C12H16O3.Zn/c1-7-5-8(11(14)15)10(13)9(6-7)12(2,3)4;/h5-6,13H,1-4H3,(H,14,15);. The van der Waals surface area contributed by atoms with Crippen LogP contribution in [0, 0.1) is 6.92 Å². The fourth-order valence-corrected chi connectivity index (χ4v) is 1.51. The Hall–Kier alpha value is -0.887. The minimum absolute atomic E-state index is 0. The minimum atomic E-state index is -1.10. The summed E-state index contributed by atoms with van der Waals surface area (Å²) in [5, 5.41) is 18.8. The van der Waals surface area contributed by atoms with E-state index >= 15 is 0 Å². The van der Waals surface area contributed by atoms with E-state index in [1.165, 1.54) is 6.07 Å². The van der Waals surface area contributed by atoms with E-state index in [1.807, 2.05) is 33.8 Å². The smallest absolute Gasteiger partial charge is 0.339 e. The molecule has 1 aromatic rings. The first-order valence-corrected chi connectivity index (χ1v) is 4.81. The van der Waals surface area contributed by atoms with E-state index in [0.717, 1.165) is 5.56 Å². The number of carboxylic acid groups (broad SMARTS) is 1. The van der Waals surface area contributed by atoms with Gasteiger partial charge in [0.2, 0.25) is 0 Å². The van der Waals surface area contributed by atoms with Gasteiger partial charge in [-0.25, -0.2) is 4.79 Å². The monoisotopic (exact) mass is 272 g/mol. The van der Waals surface area contributed by atoms with Crippen molar-refractivity contribution in [1.29, 1.82) is 0 Å². The normalized spacial score (nSPS) is 10.8. The van der Waals surface area contributed by atoms with Crippen LogP contribution >= 0.6 is 0 Å². The van der Waals surface area contributed by atoms with Gasteiger partial charge in [0, 0.05) is 25.0 Å². The fraction of sp³-hybridized carbons (Fsp3) is 0.417. The number of rotatable bonds is 1. The van der Waals surface area contributed by atoms with Crippen molar-refractivity contribution >= 4 is 5.97 Å². The van der Waals surface area contributed by atoms with Gasteiger partial charge in [0.25, 0.3) is 0 Å². The van der Waals surface area contributed by atoms with Crippen LogP contribution < -0.4 is 0 Å². The van der Waals surface area contributed by atoms with Crippen LogP contribution in [0.25, 0.3) is 0 Å². The Morgan fingerprint density at radius 2 is 1.75 bits per heavy atom. The number of benzene rings is 1. The summed E-state index contributed by atoms with van der Waals surface area (Å²) < 4.78 is 0. The van der Waals surface area contributed by atoms with Crippen LogP contribution in [-0.4, -0.2) is 16.2 Å². The Morgan fingerprint density at radius 1 is 1.25 bits per heavy atom. The third-order valence-electron chi connectivity index (χ3n) is 2.29. The summed E-state index contributed by atoms with van der Waals surface area (Å²) in [5.41, 5.74) is 1.22. The zero-order valence-corrected chi connectivity index (χ0v) is 13.1. The predicted molar refractivity (Wildman–Crippen MR) is 58.5 cm³/mol. The van der Waals surface area contributed by atoms with Crippen molar-refractivity contribution in [2.45, 2.75) is 33.1 Å². The van der Waals surface area contributed by atoms with E-state index in [0.29, 0.717) is 5.56 Å². The van der Waals surface area contributed by atoms with Crippen molar-refractivity contribution in [3.8, 4) is 5.75 Å². The number of carbonyl (C=O) groups is 1. The Morgan fingerprint density at radius 3 is 2.12 bits per heavy atom. The average Bonchev–Trinajstić information content (AvgIpc) is 2.06. The van der Waals surface area contributed by atoms with Crippen molar-refractivity contribution in [3.63, 3.8) is 0 Å². The number of carboxylic acids is 1. The first kappa shape index (κ1) is 15.1. The molecular weight excluding hydrogens is 258 g/mol. The van der Waals surface area contributed by atoms with Gasteiger partial charge in [0.15, 0.2) is 0 Å². The van der Waals surface area contributed by atoms with Gasteiger partial charge >= 0.3 is 5.97 Å². The molecule has 3 nitrogen and oxygen atoms in total. The molecule has 0 saturated heterocycles. The number of aromatic carboxylic acids is 1. The third kappa shape index (κ3) is 3.05. The second-order valence-corrected chi connectivity index (χ2v) is 4.76. The number of hydrogen-bond acceptors (Lipinski definition) is 2. The molecule has 0 aromatic heterocycles. The second kappa shape index (κ2) is 4.96. The molecule has 0 aliphatic heterocycles. The Kier molecular flexibility index (Phi) is 4.69. The predicted octanol–water partition coefficient (Wildman–Crippen LogP) is 2.69. The van der Waals surface area contributed by atoms with Gasteiger partial charge in [0.05, 0.1) is 0 Å².